The number of rotatable bonds is 7. The van der Waals surface area contributed by atoms with E-state index >= 15 is 0 Å². The highest BCUT2D eigenvalue weighted by atomic mass is 16.4. The van der Waals surface area contributed by atoms with Crippen LogP contribution in [0.3, 0.4) is 0 Å². The van der Waals surface area contributed by atoms with Gasteiger partial charge in [0.1, 0.15) is 11.8 Å². The van der Waals surface area contributed by atoms with Gasteiger partial charge in [-0.2, -0.15) is 0 Å². The van der Waals surface area contributed by atoms with Crippen molar-refractivity contribution in [2.45, 2.75) is 32.7 Å². The number of fused-ring (bicyclic) bond motifs is 1. The van der Waals surface area contributed by atoms with E-state index in [-0.39, 0.29) is 24.5 Å². The Bertz CT molecular complexity index is 764. The van der Waals surface area contributed by atoms with Gasteiger partial charge in [0.05, 0.1) is 0 Å². The fourth-order valence-corrected chi connectivity index (χ4v) is 2.53. The topological polar surface area (TPSA) is 115 Å². The van der Waals surface area contributed by atoms with Crippen molar-refractivity contribution < 1.29 is 19.9 Å². The SMILES string of the molecule is CC(C)CC(=NO)C(=O)N[C@@H](Cc1c[nH]c2ccccc12)C(=O)O. The minimum Gasteiger partial charge on any atom is -0.480 e. The molecular weight excluding hydrogens is 310 g/mol. The largest absolute Gasteiger partial charge is 0.480 e. The predicted molar refractivity (Wildman–Crippen MR) is 90.2 cm³/mol. The van der Waals surface area contributed by atoms with Crippen molar-refractivity contribution in [1.29, 1.82) is 0 Å². The van der Waals surface area contributed by atoms with Crippen molar-refractivity contribution >= 4 is 28.5 Å². The molecule has 7 nitrogen and oxygen atoms in total. The van der Waals surface area contributed by atoms with Crippen LogP contribution < -0.4 is 5.32 Å². The van der Waals surface area contributed by atoms with Crippen molar-refractivity contribution in [3.05, 3.63) is 36.0 Å². The second-order valence-corrected chi connectivity index (χ2v) is 6.07. The molecule has 0 unspecified atom stereocenters. The van der Waals surface area contributed by atoms with Crippen LogP contribution in [0.2, 0.25) is 0 Å². The van der Waals surface area contributed by atoms with Crippen LogP contribution in [0.5, 0.6) is 0 Å². The number of para-hydroxylation sites is 1. The number of hydrogen-bond donors (Lipinski definition) is 4. The second-order valence-electron chi connectivity index (χ2n) is 6.07. The molecule has 0 radical (unpaired) electrons. The van der Waals surface area contributed by atoms with Crippen molar-refractivity contribution in [2.75, 3.05) is 0 Å². The molecule has 2 aromatic rings. The molecule has 4 N–H and O–H groups in total. The van der Waals surface area contributed by atoms with Gasteiger partial charge in [0.15, 0.2) is 0 Å². The maximum absolute atomic E-state index is 12.1. The first-order valence-corrected chi connectivity index (χ1v) is 7.72. The monoisotopic (exact) mass is 331 g/mol. The van der Waals surface area contributed by atoms with E-state index in [1.54, 1.807) is 6.20 Å². The molecule has 1 aromatic carbocycles. The van der Waals surface area contributed by atoms with Gasteiger partial charge in [-0.1, -0.05) is 37.2 Å². The summed E-state index contributed by atoms with van der Waals surface area (Å²) in [6.45, 7) is 3.75. The van der Waals surface area contributed by atoms with Gasteiger partial charge < -0.3 is 20.6 Å². The lowest BCUT2D eigenvalue weighted by Gasteiger charge is -2.15. The Morgan fingerprint density at radius 1 is 1.29 bits per heavy atom. The molecule has 0 saturated carbocycles. The summed E-state index contributed by atoms with van der Waals surface area (Å²) in [6, 6.07) is 6.43. The lowest BCUT2D eigenvalue weighted by atomic mass is 10.0. The maximum Gasteiger partial charge on any atom is 0.326 e. The lowest BCUT2D eigenvalue weighted by Crippen LogP contribution is -2.45. The molecule has 0 saturated heterocycles. The number of amides is 1. The highest BCUT2D eigenvalue weighted by Gasteiger charge is 2.24. The highest BCUT2D eigenvalue weighted by Crippen LogP contribution is 2.19. The summed E-state index contributed by atoms with van der Waals surface area (Å²) < 4.78 is 0. The standard InChI is InChI=1S/C17H21N3O4/c1-10(2)7-14(20-24)16(21)19-15(17(22)23)8-11-9-18-13-6-4-3-5-12(11)13/h3-6,9-10,15,18,24H,7-8H2,1-2H3,(H,19,21)(H,22,23)/t15-/m0/s1. The molecule has 7 heteroatoms. The third kappa shape index (κ3) is 4.13. The minimum absolute atomic E-state index is 0.0739. The van der Waals surface area contributed by atoms with Crippen LogP contribution in [0.15, 0.2) is 35.6 Å². The summed E-state index contributed by atoms with van der Waals surface area (Å²) in [4.78, 5) is 26.7. The van der Waals surface area contributed by atoms with E-state index in [9.17, 15) is 14.7 Å². The van der Waals surface area contributed by atoms with Crippen LogP contribution >= 0.6 is 0 Å². The van der Waals surface area contributed by atoms with Crippen molar-refractivity contribution in [3.8, 4) is 0 Å². The van der Waals surface area contributed by atoms with Gasteiger partial charge in [0.2, 0.25) is 0 Å². The fourth-order valence-electron chi connectivity index (χ4n) is 2.53. The number of nitrogens with zero attached hydrogens (tertiary/aromatic N) is 1. The van der Waals surface area contributed by atoms with Gasteiger partial charge in [-0.05, 0) is 17.5 Å². The molecule has 0 aliphatic rings. The number of H-pyrrole nitrogens is 1. The summed E-state index contributed by atoms with van der Waals surface area (Å²) >= 11 is 0. The van der Waals surface area contributed by atoms with Gasteiger partial charge in [0, 0.05) is 29.9 Å². The van der Waals surface area contributed by atoms with Crippen LogP contribution in [0, 0.1) is 5.92 Å². The van der Waals surface area contributed by atoms with Crippen LogP contribution in [0.4, 0.5) is 0 Å². The van der Waals surface area contributed by atoms with Crippen molar-refractivity contribution in [1.82, 2.24) is 10.3 Å². The first-order valence-electron chi connectivity index (χ1n) is 7.72. The minimum atomic E-state index is -1.14. The Balaban J connectivity index is 2.15. The van der Waals surface area contributed by atoms with Gasteiger partial charge >= 0.3 is 5.97 Å². The normalized spacial score (nSPS) is 13.2. The number of nitrogens with one attached hydrogen (secondary N) is 2. The number of carbonyl (C=O) groups is 2. The summed E-state index contributed by atoms with van der Waals surface area (Å²) in [5, 5.41) is 24.7. The molecule has 1 atom stereocenters. The Labute approximate surface area is 139 Å². The third-order valence-electron chi connectivity index (χ3n) is 3.69. The molecule has 1 aromatic heterocycles. The number of aromatic nitrogens is 1. The number of carboxylic acids is 1. The van der Waals surface area contributed by atoms with Crippen LogP contribution in [-0.2, 0) is 16.0 Å². The van der Waals surface area contributed by atoms with Crippen LogP contribution in [0.25, 0.3) is 10.9 Å². The van der Waals surface area contributed by atoms with E-state index in [1.807, 2.05) is 38.1 Å². The number of carboxylic acid groups (broad SMARTS) is 1. The van der Waals surface area contributed by atoms with Crippen LogP contribution in [-0.4, -0.2) is 38.9 Å². The summed E-state index contributed by atoms with van der Waals surface area (Å²) in [7, 11) is 0. The Hall–Kier alpha value is -2.83. The number of carbonyl (C=O) groups excluding carboxylic acids is 1. The summed E-state index contributed by atoms with van der Waals surface area (Å²) in [5.74, 6) is -1.70. The third-order valence-corrected chi connectivity index (χ3v) is 3.69. The molecule has 24 heavy (non-hydrogen) atoms. The predicted octanol–water partition coefficient (Wildman–Crippen LogP) is 2.16. The van der Waals surface area contributed by atoms with Gasteiger partial charge in [-0.15, -0.1) is 0 Å². The van der Waals surface area contributed by atoms with E-state index < -0.39 is 17.9 Å². The second kappa shape index (κ2) is 7.63. The zero-order valence-electron chi connectivity index (χ0n) is 13.6. The fraction of sp³-hybridized carbons (Fsp3) is 0.353. The number of benzene rings is 1. The van der Waals surface area contributed by atoms with Crippen molar-refractivity contribution in [3.63, 3.8) is 0 Å². The molecule has 2 rings (SSSR count). The summed E-state index contributed by atoms with van der Waals surface area (Å²) in [6.07, 6.45) is 2.13. The molecule has 0 bridgehead atoms. The smallest absolute Gasteiger partial charge is 0.326 e. The number of hydrogen-bond acceptors (Lipinski definition) is 4. The average Bonchev–Trinajstić information content (AvgIpc) is 2.94. The zero-order chi connectivity index (χ0) is 17.7. The van der Waals surface area contributed by atoms with Crippen LogP contribution in [0.1, 0.15) is 25.8 Å². The van der Waals surface area contributed by atoms with E-state index in [1.165, 1.54) is 0 Å². The van der Waals surface area contributed by atoms with E-state index in [4.69, 9.17) is 5.21 Å². The molecular formula is C17H21N3O4. The first kappa shape index (κ1) is 17.5. The number of aromatic amines is 1. The van der Waals surface area contributed by atoms with Gasteiger partial charge in [-0.25, -0.2) is 4.79 Å². The molecule has 1 amide bonds. The number of oxime groups is 1. The molecule has 1 heterocycles. The highest BCUT2D eigenvalue weighted by molar-refractivity contribution is 6.39. The van der Waals surface area contributed by atoms with Gasteiger partial charge in [-0.3, -0.25) is 4.79 Å². The molecule has 128 valence electrons. The van der Waals surface area contributed by atoms with E-state index in [2.05, 4.69) is 15.5 Å². The Morgan fingerprint density at radius 2 is 2.00 bits per heavy atom. The van der Waals surface area contributed by atoms with Gasteiger partial charge in [0.25, 0.3) is 5.91 Å². The lowest BCUT2D eigenvalue weighted by molar-refractivity contribution is -0.141. The molecule has 0 aliphatic heterocycles. The Kier molecular flexibility index (Phi) is 5.57. The Morgan fingerprint density at radius 3 is 2.62 bits per heavy atom. The van der Waals surface area contributed by atoms with E-state index in [0.717, 1.165) is 16.5 Å². The molecule has 0 fully saturated rings. The first-order chi connectivity index (χ1) is 11.4. The quantitative estimate of drug-likeness (QED) is 0.353. The number of aliphatic carboxylic acids is 1. The molecule has 0 spiro atoms. The zero-order valence-corrected chi connectivity index (χ0v) is 13.6. The molecule has 0 aliphatic carbocycles. The maximum atomic E-state index is 12.1. The summed E-state index contributed by atoms with van der Waals surface area (Å²) in [5.41, 5.74) is 1.63. The van der Waals surface area contributed by atoms with Crippen molar-refractivity contribution in [2.24, 2.45) is 11.1 Å². The van der Waals surface area contributed by atoms with E-state index in [0.29, 0.717) is 0 Å². The average molecular weight is 331 g/mol.